The lowest BCUT2D eigenvalue weighted by molar-refractivity contribution is -0.137. The van der Waals surface area contributed by atoms with Crippen LogP contribution in [-0.4, -0.2) is 75.8 Å². The third-order valence-electron chi connectivity index (χ3n) is 6.95. The topological polar surface area (TPSA) is 57.5 Å². The van der Waals surface area contributed by atoms with E-state index in [0.29, 0.717) is 11.9 Å². The van der Waals surface area contributed by atoms with Gasteiger partial charge in [0, 0.05) is 44.6 Å². The van der Waals surface area contributed by atoms with Gasteiger partial charge in [0.25, 0.3) is 0 Å². The van der Waals surface area contributed by atoms with Gasteiger partial charge in [-0.25, -0.2) is 0 Å². The van der Waals surface area contributed by atoms with Crippen LogP contribution in [0.3, 0.4) is 0 Å². The van der Waals surface area contributed by atoms with Crippen LogP contribution in [0.4, 0.5) is 5.13 Å². The Labute approximate surface area is 182 Å². The van der Waals surface area contributed by atoms with Crippen molar-refractivity contribution in [3.05, 3.63) is 24.5 Å². The number of nitrogens with zero attached hydrogens (tertiary/aromatic N) is 6. The monoisotopic (exact) mass is 428 g/mol. The lowest BCUT2D eigenvalue weighted by atomic mass is 9.94. The first-order valence-corrected chi connectivity index (χ1v) is 12.3. The van der Waals surface area contributed by atoms with Crippen molar-refractivity contribution in [2.45, 2.75) is 51.0 Å². The van der Waals surface area contributed by atoms with E-state index in [1.165, 1.54) is 32.4 Å². The number of hydrogen-bond donors (Lipinski definition) is 0. The summed E-state index contributed by atoms with van der Waals surface area (Å²) < 4.78 is 1.99. The Bertz CT molecular complexity index is 823. The summed E-state index contributed by atoms with van der Waals surface area (Å²) >= 11 is 1.60. The summed E-state index contributed by atoms with van der Waals surface area (Å²) in [6.45, 7) is 6.08. The van der Waals surface area contributed by atoms with Crippen LogP contribution >= 0.6 is 11.3 Å². The van der Waals surface area contributed by atoms with Crippen molar-refractivity contribution in [3.8, 4) is 5.13 Å². The molecule has 1 amide bonds. The third kappa shape index (κ3) is 4.25. The first-order valence-electron chi connectivity index (χ1n) is 11.5. The molecular weight excluding hydrogens is 396 g/mol. The van der Waals surface area contributed by atoms with Crippen molar-refractivity contribution in [2.24, 2.45) is 5.92 Å². The zero-order valence-corrected chi connectivity index (χ0v) is 18.5. The lowest BCUT2D eigenvalue weighted by Crippen LogP contribution is -2.51. The second kappa shape index (κ2) is 9.06. The maximum Gasteiger partial charge on any atom is 0.227 e. The molecule has 0 radical (unpaired) electrons. The van der Waals surface area contributed by atoms with Crippen molar-refractivity contribution >= 4 is 22.4 Å². The molecule has 0 bridgehead atoms. The molecule has 3 aliphatic heterocycles. The molecule has 0 aromatic carbocycles. The quantitative estimate of drug-likeness (QED) is 0.749. The van der Waals surface area contributed by atoms with E-state index in [0.717, 1.165) is 62.1 Å². The molecule has 0 unspecified atom stereocenters. The lowest BCUT2D eigenvalue weighted by Gasteiger charge is -2.42. The van der Waals surface area contributed by atoms with Gasteiger partial charge in [-0.2, -0.15) is 0 Å². The zero-order chi connectivity index (χ0) is 20.3. The van der Waals surface area contributed by atoms with Crippen LogP contribution in [0.1, 0.15) is 44.9 Å². The first kappa shape index (κ1) is 20.0. The molecule has 1 atom stereocenters. The van der Waals surface area contributed by atoms with E-state index in [1.807, 2.05) is 29.1 Å². The normalized spacial score (nSPS) is 24.3. The number of amides is 1. The SMILES string of the molecule is O=C([C@H]1CCCN(c2nnc(-n3cccc3)s2)C1)N1CCC(N2CCCCC2)CC1. The highest BCUT2D eigenvalue weighted by molar-refractivity contribution is 7.17. The molecule has 0 aliphatic carbocycles. The molecule has 7 nitrogen and oxygen atoms in total. The molecule has 2 aromatic heterocycles. The predicted octanol–water partition coefficient (Wildman–Crippen LogP) is 3.02. The standard InChI is InChI=1S/C22H32N6OS/c29-20(26-15-8-19(9-16-26)25-10-2-1-3-11-25)18-7-6-14-28(17-18)22-24-23-21(30-22)27-12-4-5-13-27/h4-5,12-13,18-19H,1-3,6-11,14-17H2/t18-/m0/s1. The molecule has 3 fully saturated rings. The maximum atomic E-state index is 13.3. The van der Waals surface area contributed by atoms with Crippen LogP contribution in [-0.2, 0) is 4.79 Å². The number of carbonyl (C=O) groups excluding carboxylic acids is 1. The molecule has 5 rings (SSSR count). The Morgan fingerprint density at radius 2 is 1.60 bits per heavy atom. The average molecular weight is 429 g/mol. The number of rotatable bonds is 4. The number of piperidine rings is 3. The van der Waals surface area contributed by atoms with Crippen LogP contribution in [0, 0.1) is 5.92 Å². The summed E-state index contributed by atoms with van der Waals surface area (Å²) in [5.74, 6) is 0.441. The van der Waals surface area contributed by atoms with Crippen molar-refractivity contribution in [1.29, 1.82) is 0 Å². The molecule has 0 spiro atoms. The summed E-state index contributed by atoms with van der Waals surface area (Å²) in [5.41, 5.74) is 0. The molecule has 5 heterocycles. The summed E-state index contributed by atoms with van der Waals surface area (Å²) in [6, 6.07) is 4.67. The number of hydrogen-bond acceptors (Lipinski definition) is 6. The predicted molar refractivity (Wildman–Crippen MR) is 119 cm³/mol. The highest BCUT2D eigenvalue weighted by Gasteiger charge is 2.33. The van der Waals surface area contributed by atoms with E-state index >= 15 is 0 Å². The summed E-state index contributed by atoms with van der Waals surface area (Å²) in [5, 5.41) is 10.6. The molecule has 30 heavy (non-hydrogen) atoms. The molecule has 8 heteroatoms. The molecule has 3 saturated heterocycles. The van der Waals surface area contributed by atoms with E-state index in [-0.39, 0.29) is 5.92 Å². The minimum Gasteiger partial charge on any atom is -0.346 e. The number of carbonyl (C=O) groups is 1. The van der Waals surface area contributed by atoms with Gasteiger partial charge in [-0.05, 0) is 63.7 Å². The summed E-state index contributed by atoms with van der Waals surface area (Å²) in [6.07, 6.45) is 12.3. The van der Waals surface area contributed by atoms with Crippen LogP contribution < -0.4 is 4.90 Å². The van der Waals surface area contributed by atoms with Crippen LogP contribution in [0.2, 0.25) is 0 Å². The minimum atomic E-state index is 0.0872. The average Bonchev–Trinajstić information content (AvgIpc) is 3.52. The molecule has 2 aromatic rings. The minimum absolute atomic E-state index is 0.0872. The van der Waals surface area contributed by atoms with Gasteiger partial charge in [0.2, 0.25) is 16.2 Å². The fourth-order valence-electron chi connectivity index (χ4n) is 5.25. The summed E-state index contributed by atoms with van der Waals surface area (Å²) in [4.78, 5) is 20.3. The van der Waals surface area contributed by atoms with Crippen LogP contribution in [0.25, 0.3) is 5.13 Å². The summed E-state index contributed by atoms with van der Waals surface area (Å²) in [7, 11) is 0. The van der Waals surface area contributed by atoms with Gasteiger partial charge < -0.3 is 14.7 Å². The van der Waals surface area contributed by atoms with E-state index < -0.39 is 0 Å². The third-order valence-corrected chi connectivity index (χ3v) is 7.95. The Hall–Kier alpha value is -1.93. The first-order chi connectivity index (χ1) is 14.8. The second-order valence-electron chi connectivity index (χ2n) is 8.90. The highest BCUT2D eigenvalue weighted by atomic mass is 32.1. The molecule has 162 valence electrons. The fourth-order valence-corrected chi connectivity index (χ4v) is 6.10. The maximum absolute atomic E-state index is 13.3. The van der Waals surface area contributed by atoms with Crippen LogP contribution in [0.15, 0.2) is 24.5 Å². The molecule has 0 N–H and O–H groups in total. The van der Waals surface area contributed by atoms with Crippen molar-refractivity contribution in [2.75, 3.05) is 44.2 Å². The van der Waals surface area contributed by atoms with Gasteiger partial charge in [0.1, 0.15) is 0 Å². The van der Waals surface area contributed by atoms with E-state index in [9.17, 15) is 4.79 Å². The number of likely N-dealkylation sites (tertiary alicyclic amines) is 2. The van der Waals surface area contributed by atoms with E-state index in [4.69, 9.17) is 0 Å². The van der Waals surface area contributed by atoms with E-state index in [2.05, 4.69) is 24.9 Å². The second-order valence-corrected chi connectivity index (χ2v) is 9.83. The van der Waals surface area contributed by atoms with Gasteiger partial charge in [-0.1, -0.05) is 17.8 Å². The van der Waals surface area contributed by atoms with E-state index in [1.54, 1.807) is 11.3 Å². The number of aromatic nitrogens is 3. The van der Waals surface area contributed by atoms with Crippen molar-refractivity contribution in [1.82, 2.24) is 24.6 Å². The van der Waals surface area contributed by atoms with Gasteiger partial charge in [0.05, 0.1) is 5.92 Å². The highest BCUT2D eigenvalue weighted by Crippen LogP contribution is 2.29. The van der Waals surface area contributed by atoms with Crippen LogP contribution in [0.5, 0.6) is 0 Å². The van der Waals surface area contributed by atoms with Crippen molar-refractivity contribution < 1.29 is 4.79 Å². The Kier molecular flexibility index (Phi) is 6.04. The fraction of sp³-hybridized carbons (Fsp3) is 0.682. The Balaban J connectivity index is 1.17. The Morgan fingerprint density at radius 3 is 2.37 bits per heavy atom. The van der Waals surface area contributed by atoms with Gasteiger partial charge in [-0.15, -0.1) is 10.2 Å². The largest absolute Gasteiger partial charge is 0.346 e. The molecule has 0 saturated carbocycles. The van der Waals surface area contributed by atoms with Crippen molar-refractivity contribution in [3.63, 3.8) is 0 Å². The van der Waals surface area contributed by atoms with Gasteiger partial charge in [-0.3, -0.25) is 9.36 Å². The number of anilines is 1. The smallest absolute Gasteiger partial charge is 0.227 e. The van der Waals surface area contributed by atoms with Gasteiger partial charge in [0.15, 0.2) is 0 Å². The molecular formula is C22H32N6OS. The molecule has 3 aliphatic rings. The zero-order valence-electron chi connectivity index (χ0n) is 17.7. The van der Waals surface area contributed by atoms with Gasteiger partial charge >= 0.3 is 0 Å². The Morgan fingerprint density at radius 1 is 0.867 bits per heavy atom.